The van der Waals surface area contributed by atoms with Gasteiger partial charge < -0.3 is 0 Å². The molecule has 2 atom stereocenters. The van der Waals surface area contributed by atoms with Gasteiger partial charge in [-0.15, -0.1) is 11.3 Å². The molecule has 1 aromatic rings. The van der Waals surface area contributed by atoms with Crippen molar-refractivity contribution in [1.29, 1.82) is 0 Å². The van der Waals surface area contributed by atoms with E-state index in [-0.39, 0.29) is 0 Å². The van der Waals surface area contributed by atoms with Crippen molar-refractivity contribution in [2.45, 2.75) is 48.7 Å². The quantitative estimate of drug-likeness (QED) is 0.421. The summed E-state index contributed by atoms with van der Waals surface area (Å²) >= 11 is 9.36. The molecule has 3 heteroatoms. The molecule has 0 amide bonds. The molecule has 86 valence electrons. The summed E-state index contributed by atoms with van der Waals surface area (Å²) in [5.74, 6) is 0. The third kappa shape index (κ3) is 5.50. The smallest absolute Gasteiger partial charge is 0.0499 e. The first-order valence-corrected chi connectivity index (χ1v) is 8.26. The lowest BCUT2D eigenvalue weighted by Gasteiger charge is -2.13. The fraction of sp³-hybridized carbons (Fsp3) is 0.667. The highest BCUT2D eigenvalue weighted by molar-refractivity contribution is 9.10. The first-order chi connectivity index (χ1) is 7.24. The second-order valence-electron chi connectivity index (χ2n) is 3.81. The average Bonchev–Trinajstić information content (AvgIpc) is 2.70. The van der Waals surface area contributed by atoms with Gasteiger partial charge in [-0.05, 0) is 24.3 Å². The van der Waals surface area contributed by atoms with E-state index in [9.17, 15) is 0 Å². The van der Waals surface area contributed by atoms with E-state index >= 15 is 0 Å². The van der Waals surface area contributed by atoms with Crippen molar-refractivity contribution in [3.8, 4) is 0 Å². The van der Waals surface area contributed by atoms with Gasteiger partial charge in [0.05, 0.1) is 0 Å². The molecule has 0 fully saturated rings. The molecule has 1 aromatic heterocycles. The molecule has 0 N–H and O–H groups in total. The normalized spacial score (nSPS) is 15.1. The Labute approximate surface area is 114 Å². The Morgan fingerprint density at radius 2 is 2.13 bits per heavy atom. The summed E-state index contributed by atoms with van der Waals surface area (Å²) in [6.07, 6.45) is 6.48. The van der Waals surface area contributed by atoms with Gasteiger partial charge in [0.25, 0.3) is 0 Å². The minimum Gasteiger partial charge on any atom is -0.148 e. The Balaban J connectivity index is 2.22. The van der Waals surface area contributed by atoms with Gasteiger partial charge in [0, 0.05) is 14.5 Å². The lowest BCUT2D eigenvalue weighted by Crippen LogP contribution is -2.01. The van der Waals surface area contributed by atoms with Crippen LogP contribution in [0.1, 0.15) is 48.7 Å². The Morgan fingerprint density at radius 1 is 1.33 bits per heavy atom. The number of hydrogen-bond donors (Lipinski definition) is 0. The van der Waals surface area contributed by atoms with Crippen molar-refractivity contribution in [2.75, 3.05) is 0 Å². The van der Waals surface area contributed by atoms with Crippen LogP contribution in [0.15, 0.2) is 17.5 Å². The van der Waals surface area contributed by atoms with Crippen molar-refractivity contribution in [3.05, 3.63) is 22.4 Å². The van der Waals surface area contributed by atoms with Crippen LogP contribution in [0.5, 0.6) is 0 Å². The van der Waals surface area contributed by atoms with E-state index in [0.717, 1.165) is 0 Å². The molecule has 0 aliphatic heterocycles. The number of thiophene rings is 1. The molecule has 0 aliphatic rings. The highest BCUT2D eigenvalue weighted by atomic mass is 79.9. The molecular formula is C12H18Br2S. The second-order valence-corrected chi connectivity index (χ2v) is 7.19. The van der Waals surface area contributed by atoms with E-state index in [1.54, 1.807) is 0 Å². The third-order valence-electron chi connectivity index (χ3n) is 2.44. The molecule has 0 aliphatic carbocycles. The van der Waals surface area contributed by atoms with E-state index in [1.165, 1.54) is 37.0 Å². The number of rotatable bonds is 7. The monoisotopic (exact) mass is 352 g/mol. The topological polar surface area (TPSA) is 0 Å². The minimum atomic E-state index is 0.517. The van der Waals surface area contributed by atoms with Crippen LogP contribution < -0.4 is 0 Å². The largest absolute Gasteiger partial charge is 0.148 e. The minimum absolute atomic E-state index is 0.517. The van der Waals surface area contributed by atoms with Crippen LogP contribution in [0.3, 0.4) is 0 Å². The molecular weight excluding hydrogens is 336 g/mol. The molecule has 0 bridgehead atoms. The molecule has 0 radical (unpaired) electrons. The van der Waals surface area contributed by atoms with Crippen LogP contribution in [0.2, 0.25) is 0 Å². The number of hydrogen-bond acceptors (Lipinski definition) is 1. The van der Waals surface area contributed by atoms with Gasteiger partial charge in [-0.3, -0.25) is 0 Å². The van der Waals surface area contributed by atoms with E-state index in [4.69, 9.17) is 0 Å². The van der Waals surface area contributed by atoms with Crippen molar-refractivity contribution in [2.24, 2.45) is 0 Å². The van der Waals surface area contributed by atoms with Crippen molar-refractivity contribution in [3.63, 3.8) is 0 Å². The summed E-state index contributed by atoms with van der Waals surface area (Å²) in [6, 6.07) is 4.32. The Bertz CT molecular complexity index is 246. The fourth-order valence-electron chi connectivity index (χ4n) is 1.54. The van der Waals surface area contributed by atoms with Crippen LogP contribution in [0.25, 0.3) is 0 Å². The zero-order valence-electron chi connectivity index (χ0n) is 9.09. The highest BCUT2D eigenvalue weighted by Crippen LogP contribution is 2.34. The third-order valence-corrected chi connectivity index (χ3v) is 5.42. The summed E-state index contributed by atoms with van der Waals surface area (Å²) in [7, 11) is 0. The van der Waals surface area contributed by atoms with Crippen LogP contribution >= 0.6 is 43.2 Å². The standard InChI is InChI=1S/C12H18Br2S/c1-2-3-4-6-10(13)9-11(14)12-7-5-8-15-12/h5,7-8,10-11H,2-4,6,9H2,1H3. The van der Waals surface area contributed by atoms with Crippen LogP contribution in [-0.2, 0) is 0 Å². The summed E-state index contributed by atoms with van der Waals surface area (Å²) in [5, 5.41) is 2.14. The molecule has 0 nitrogen and oxygen atoms in total. The lowest BCUT2D eigenvalue weighted by atomic mass is 10.1. The van der Waals surface area contributed by atoms with Gasteiger partial charge in [-0.2, -0.15) is 0 Å². The maximum Gasteiger partial charge on any atom is 0.0499 e. The summed E-state index contributed by atoms with van der Waals surface area (Å²) in [4.78, 5) is 2.61. The van der Waals surface area contributed by atoms with E-state index in [2.05, 4.69) is 56.3 Å². The predicted molar refractivity (Wildman–Crippen MR) is 77.5 cm³/mol. The Morgan fingerprint density at radius 3 is 2.73 bits per heavy atom. The van der Waals surface area contributed by atoms with Gasteiger partial charge in [-0.25, -0.2) is 0 Å². The van der Waals surface area contributed by atoms with Crippen LogP contribution in [0.4, 0.5) is 0 Å². The van der Waals surface area contributed by atoms with Crippen LogP contribution in [0, 0.1) is 0 Å². The van der Waals surface area contributed by atoms with E-state index in [0.29, 0.717) is 9.65 Å². The maximum absolute atomic E-state index is 3.77. The van der Waals surface area contributed by atoms with Gasteiger partial charge in [0.1, 0.15) is 0 Å². The van der Waals surface area contributed by atoms with Crippen molar-refractivity contribution in [1.82, 2.24) is 0 Å². The highest BCUT2D eigenvalue weighted by Gasteiger charge is 2.13. The summed E-state index contributed by atoms with van der Waals surface area (Å²) in [5.41, 5.74) is 0. The zero-order valence-corrected chi connectivity index (χ0v) is 13.1. The second kappa shape index (κ2) is 7.86. The number of alkyl halides is 2. The molecule has 0 saturated heterocycles. The van der Waals surface area contributed by atoms with Crippen LogP contribution in [-0.4, -0.2) is 4.83 Å². The molecule has 1 heterocycles. The first kappa shape index (κ1) is 13.7. The van der Waals surface area contributed by atoms with Crippen molar-refractivity contribution < 1.29 is 0 Å². The van der Waals surface area contributed by atoms with Gasteiger partial charge in [-0.1, -0.05) is 64.1 Å². The Kier molecular flexibility index (Phi) is 7.19. The lowest BCUT2D eigenvalue weighted by molar-refractivity contribution is 0.625. The first-order valence-electron chi connectivity index (χ1n) is 5.55. The molecule has 1 rings (SSSR count). The fourth-order valence-corrected chi connectivity index (χ4v) is 4.39. The summed E-state index contributed by atoms with van der Waals surface area (Å²) in [6.45, 7) is 2.25. The molecule has 15 heavy (non-hydrogen) atoms. The maximum atomic E-state index is 3.77. The Hall–Kier alpha value is 0.660. The SMILES string of the molecule is CCCCCC(Br)CC(Br)c1cccs1. The van der Waals surface area contributed by atoms with E-state index < -0.39 is 0 Å². The molecule has 0 aromatic carbocycles. The molecule has 0 spiro atoms. The zero-order chi connectivity index (χ0) is 11.1. The molecule has 2 unspecified atom stereocenters. The van der Waals surface area contributed by atoms with Crippen molar-refractivity contribution >= 4 is 43.2 Å². The van der Waals surface area contributed by atoms with E-state index in [1.807, 2.05) is 11.3 Å². The van der Waals surface area contributed by atoms with Gasteiger partial charge in [0.2, 0.25) is 0 Å². The van der Waals surface area contributed by atoms with Gasteiger partial charge >= 0.3 is 0 Å². The average molecular weight is 354 g/mol. The number of unbranched alkanes of at least 4 members (excludes halogenated alkanes) is 2. The summed E-state index contributed by atoms with van der Waals surface area (Å²) < 4.78 is 0. The molecule has 0 saturated carbocycles. The van der Waals surface area contributed by atoms with Gasteiger partial charge in [0.15, 0.2) is 0 Å². The predicted octanol–water partition coefficient (Wildman–Crippen LogP) is 5.92. The number of halogens is 2.